The lowest BCUT2D eigenvalue weighted by atomic mass is 10.2. The number of hydrogen-bond acceptors (Lipinski definition) is 4. The molecule has 0 N–H and O–H groups in total. The summed E-state index contributed by atoms with van der Waals surface area (Å²) in [6.45, 7) is 2.06. The Morgan fingerprint density at radius 2 is 1.79 bits per heavy atom. The van der Waals surface area contributed by atoms with Crippen LogP contribution in [0.3, 0.4) is 0 Å². The standard InChI is InChI=1S/C18H18FN3OS/c1-12(13-8-10-14(19)11-9-13)24-18-21-20-17(22(18)2)15-6-4-5-7-16(15)23-3/h4-12H,1-3H3/t12-/m0/s1. The molecule has 0 aliphatic rings. The zero-order valence-corrected chi connectivity index (χ0v) is 14.5. The number of ether oxygens (including phenoxy) is 1. The van der Waals surface area contributed by atoms with Gasteiger partial charge in [0, 0.05) is 12.3 Å². The fourth-order valence-corrected chi connectivity index (χ4v) is 3.38. The third-order valence-corrected chi connectivity index (χ3v) is 5.00. The fraction of sp³-hybridized carbons (Fsp3) is 0.222. The smallest absolute Gasteiger partial charge is 0.191 e. The van der Waals surface area contributed by atoms with E-state index in [1.165, 1.54) is 12.1 Å². The van der Waals surface area contributed by atoms with E-state index in [2.05, 4.69) is 17.1 Å². The molecular formula is C18H18FN3OS. The summed E-state index contributed by atoms with van der Waals surface area (Å²) in [5.41, 5.74) is 1.94. The number of thioether (sulfide) groups is 1. The van der Waals surface area contributed by atoms with Crippen LogP contribution in [0.1, 0.15) is 17.7 Å². The van der Waals surface area contributed by atoms with Crippen molar-refractivity contribution in [2.75, 3.05) is 7.11 Å². The summed E-state index contributed by atoms with van der Waals surface area (Å²) in [7, 11) is 3.57. The molecule has 0 fully saturated rings. The number of para-hydroxylation sites is 1. The molecule has 24 heavy (non-hydrogen) atoms. The van der Waals surface area contributed by atoms with Crippen LogP contribution < -0.4 is 4.74 Å². The van der Waals surface area contributed by atoms with Gasteiger partial charge in [0.15, 0.2) is 11.0 Å². The Kier molecular flexibility index (Phi) is 4.85. The molecule has 1 atom stereocenters. The van der Waals surface area contributed by atoms with Crippen molar-refractivity contribution in [2.45, 2.75) is 17.3 Å². The quantitative estimate of drug-likeness (QED) is 0.640. The van der Waals surface area contributed by atoms with E-state index in [-0.39, 0.29) is 11.1 Å². The fourth-order valence-electron chi connectivity index (χ4n) is 2.44. The zero-order valence-electron chi connectivity index (χ0n) is 13.7. The molecule has 1 heterocycles. The molecule has 2 aromatic carbocycles. The lowest BCUT2D eigenvalue weighted by molar-refractivity contribution is 0.416. The molecular weight excluding hydrogens is 325 g/mol. The second kappa shape index (κ2) is 7.05. The van der Waals surface area contributed by atoms with Gasteiger partial charge in [0.1, 0.15) is 11.6 Å². The van der Waals surface area contributed by atoms with Gasteiger partial charge in [-0.2, -0.15) is 0 Å². The van der Waals surface area contributed by atoms with Crippen LogP contribution in [0.2, 0.25) is 0 Å². The Hall–Kier alpha value is -2.34. The van der Waals surface area contributed by atoms with Crippen LogP contribution >= 0.6 is 11.8 Å². The zero-order chi connectivity index (χ0) is 17.1. The predicted octanol–water partition coefficient (Wildman–Crippen LogP) is 4.48. The minimum absolute atomic E-state index is 0.138. The van der Waals surface area contributed by atoms with E-state index >= 15 is 0 Å². The molecule has 0 radical (unpaired) electrons. The molecule has 0 saturated carbocycles. The summed E-state index contributed by atoms with van der Waals surface area (Å²) in [5.74, 6) is 1.28. The summed E-state index contributed by atoms with van der Waals surface area (Å²) in [6, 6.07) is 14.3. The van der Waals surface area contributed by atoms with Crippen LogP contribution in [-0.2, 0) is 7.05 Å². The van der Waals surface area contributed by atoms with E-state index in [1.807, 2.05) is 35.9 Å². The normalized spacial score (nSPS) is 12.2. The first-order valence-electron chi connectivity index (χ1n) is 7.55. The molecule has 6 heteroatoms. The first-order chi connectivity index (χ1) is 11.6. The predicted molar refractivity (Wildman–Crippen MR) is 93.7 cm³/mol. The van der Waals surface area contributed by atoms with Crippen molar-refractivity contribution < 1.29 is 9.13 Å². The van der Waals surface area contributed by atoms with Gasteiger partial charge in [0.2, 0.25) is 0 Å². The molecule has 0 bridgehead atoms. The first-order valence-corrected chi connectivity index (χ1v) is 8.43. The maximum atomic E-state index is 13.1. The Morgan fingerprint density at radius 1 is 1.08 bits per heavy atom. The van der Waals surface area contributed by atoms with Gasteiger partial charge in [-0.3, -0.25) is 0 Å². The lowest BCUT2D eigenvalue weighted by Crippen LogP contribution is -1.98. The Morgan fingerprint density at radius 3 is 2.50 bits per heavy atom. The molecule has 0 saturated heterocycles. The largest absolute Gasteiger partial charge is 0.496 e. The molecule has 0 unspecified atom stereocenters. The van der Waals surface area contributed by atoms with E-state index in [9.17, 15) is 4.39 Å². The highest BCUT2D eigenvalue weighted by molar-refractivity contribution is 7.99. The van der Waals surface area contributed by atoms with Gasteiger partial charge in [-0.15, -0.1) is 10.2 Å². The van der Waals surface area contributed by atoms with Gasteiger partial charge in [-0.25, -0.2) is 4.39 Å². The summed E-state index contributed by atoms with van der Waals surface area (Å²) < 4.78 is 20.4. The maximum absolute atomic E-state index is 13.1. The van der Waals surface area contributed by atoms with Crippen molar-refractivity contribution >= 4 is 11.8 Å². The van der Waals surface area contributed by atoms with E-state index < -0.39 is 0 Å². The molecule has 0 aliphatic heterocycles. The van der Waals surface area contributed by atoms with Crippen LogP contribution in [-0.4, -0.2) is 21.9 Å². The third kappa shape index (κ3) is 3.28. The van der Waals surface area contributed by atoms with Gasteiger partial charge in [0.25, 0.3) is 0 Å². The van der Waals surface area contributed by atoms with Crippen molar-refractivity contribution in [3.05, 3.63) is 59.9 Å². The molecule has 0 spiro atoms. The topological polar surface area (TPSA) is 39.9 Å². The molecule has 3 rings (SSSR count). The van der Waals surface area contributed by atoms with E-state index in [4.69, 9.17) is 4.74 Å². The molecule has 0 amide bonds. The van der Waals surface area contributed by atoms with Crippen LogP contribution in [0.4, 0.5) is 4.39 Å². The van der Waals surface area contributed by atoms with E-state index in [1.54, 1.807) is 31.0 Å². The van der Waals surface area contributed by atoms with Crippen molar-refractivity contribution in [2.24, 2.45) is 7.05 Å². The molecule has 3 aromatic rings. The van der Waals surface area contributed by atoms with Gasteiger partial charge in [-0.05, 0) is 36.8 Å². The monoisotopic (exact) mass is 343 g/mol. The Labute approximate surface area is 144 Å². The average molecular weight is 343 g/mol. The van der Waals surface area contributed by atoms with Crippen molar-refractivity contribution in [1.82, 2.24) is 14.8 Å². The van der Waals surface area contributed by atoms with E-state index in [0.717, 1.165) is 27.9 Å². The number of halogens is 1. The summed E-state index contributed by atoms with van der Waals surface area (Å²) in [4.78, 5) is 0. The first kappa shape index (κ1) is 16.5. The van der Waals surface area contributed by atoms with Crippen molar-refractivity contribution in [3.8, 4) is 17.1 Å². The van der Waals surface area contributed by atoms with Crippen molar-refractivity contribution in [3.63, 3.8) is 0 Å². The number of hydrogen-bond donors (Lipinski definition) is 0. The van der Waals surface area contributed by atoms with Crippen LogP contribution in [0.15, 0.2) is 53.7 Å². The number of methoxy groups -OCH3 is 1. The number of rotatable bonds is 5. The van der Waals surface area contributed by atoms with Gasteiger partial charge < -0.3 is 9.30 Å². The van der Waals surface area contributed by atoms with Crippen LogP contribution in [0.5, 0.6) is 5.75 Å². The van der Waals surface area contributed by atoms with Gasteiger partial charge in [0.05, 0.1) is 12.7 Å². The second-order valence-electron chi connectivity index (χ2n) is 5.38. The number of nitrogens with zero attached hydrogens (tertiary/aromatic N) is 3. The maximum Gasteiger partial charge on any atom is 0.191 e. The molecule has 1 aromatic heterocycles. The number of aromatic nitrogens is 3. The molecule has 4 nitrogen and oxygen atoms in total. The summed E-state index contributed by atoms with van der Waals surface area (Å²) in [6.07, 6.45) is 0. The number of benzene rings is 2. The highest BCUT2D eigenvalue weighted by Gasteiger charge is 2.17. The highest BCUT2D eigenvalue weighted by Crippen LogP contribution is 2.36. The second-order valence-corrected chi connectivity index (χ2v) is 6.69. The van der Waals surface area contributed by atoms with Crippen LogP contribution in [0, 0.1) is 5.82 Å². The highest BCUT2D eigenvalue weighted by atomic mass is 32.2. The van der Waals surface area contributed by atoms with Crippen molar-refractivity contribution in [1.29, 1.82) is 0 Å². The Balaban J connectivity index is 1.86. The summed E-state index contributed by atoms with van der Waals surface area (Å²) >= 11 is 1.58. The van der Waals surface area contributed by atoms with Gasteiger partial charge in [-0.1, -0.05) is 36.0 Å². The van der Waals surface area contributed by atoms with Crippen LogP contribution in [0.25, 0.3) is 11.4 Å². The van der Waals surface area contributed by atoms with E-state index in [0.29, 0.717) is 0 Å². The lowest BCUT2D eigenvalue weighted by Gasteiger charge is -2.12. The van der Waals surface area contributed by atoms with Gasteiger partial charge >= 0.3 is 0 Å². The molecule has 0 aliphatic carbocycles. The Bertz CT molecular complexity index is 833. The molecule has 124 valence electrons. The SMILES string of the molecule is COc1ccccc1-c1nnc(S[C@@H](C)c2ccc(F)cc2)n1C. The minimum atomic E-state index is -0.229. The average Bonchev–Trinajstić information content (AvgIpc) is 2.96. The summed E-state index contributed by atoms with van der Waals surface area (Å²) in [5, 5.41) is 9.54. The third-order valence-electron chi connectivity index (χ3n) is 3.80. The minimum Gasteiger partial charge on any atom is -0.496 e.